The number of amides is 1. The summed E-state index contributed by atoms with van der Waals surface area (Å²) in [5, 5.41) is 11.2. The Morgan fingerprint density at radius 1 is 1.08 bits per heavy atom. The Labute approximate surface area is 211 Å². The van der Waals surface area contributed by atoms with Crippen LogP contribution in [0.25, 0.3) is 0 Å². The summed E-state index contributed by atoms with van der Waals surface area (Å²) in [5.41, 5.74) is 3.02. The minimum atomic E-state index is -3.52. The average Bonchev–Trinajstić information content (AvgIpc) is 2.80. The molecule has 0 saturated heterocycles. The van der Waals surface area contributed by atoms with Gasteiger partial charge in [-0.15, -0.1) is 0 Å². The van der Waals surface area contributed by atoms with E-state index >= 15 is 0 Å². The van der Waals surface area contributed by atoms with Crippen LogP contribution in [0.3, 0.4) is 0 Å². The molecule has 3 rings (SSSR count). The lowest BCUT2D eigenvalue weighted by Gasteiger charge is -2.21. The van der Waals surface area contributed by atoms with Crippen molar-refractivity contribution in [2.75, 3.05) is 7.05 Å². The third-order valence-electron chi connectivity index (χ3n) is 5.51. The van der Waals surface area contributed by atoms with Crippen LogP contribution in [0.4, 0.5) is 5.69 Å². The van der Waals surface area contributed by atoms with Crippen molar-refractivity contribution in [3.8, 4) is 11.6 Å². The van der Waals surface area contributed by atoms with E-state index in [9.17, 15) is 19.1 Å². The number of aryl methyl sites for hydroxylation is 3. The van der Waals surface area contributed by atoms with E-state index in [1.807, 2.05) is 53.7 Å². The van der Waals surface area contributed by atoms with E-state index in [0.29, 0.717) is 11.4 Å². The summed E-state index contributed by atoms with van der Waals surface area (Å²) in [7, 11) is -2.24. The minimum Gasteiger partial charge on any atom is -0.438 e. The Kier molecular flexibility index (Phi) is 7.49. The van der Waals surface area contributed by atoms with Gasteiger partial charge in [0.25, 0.3) is 11.6 Å². The lowest BCUT2D eigenvalue weighted by Crippen LogP contribution is -2.31. The monoisotopic (exact) mass is 510 g/mol. The van der Waals surface area contributed by atoms with Gasteiger partial charge in [-0.1, -0.05) is 44.5 Å². The largest absolute Gasteiger partial charge is 0.438 e. The van der Waals surface area contributed by atoms with E-state index in [4.69, 9.17) is 4.74 Å². The zero-order valence-corrected chi connectivity index (χ0v) is 22.2. The Hall–Kier alpha value is -3.79. The molecule has 10 heteroatoms. The second-order valence-corrected chi connectivity index (χ2v) is 11.6. The Bertz CT molecular complexity index is 1440. The summed E-state index contributed by atoms with van der Waals surface area (Å²) >= 11 is 0. The first-order valence-corrected chi connectivity index (χ1v) is 12.8. The second kappa shape index (κ2) is 10.1. The number of carbonyl (C=O) groups excluding carboxylic acids is 1. The van der Waals surface area contributed by atoms with E-state index < -0.39 is 20.7 Å². The van der Waals surface area contributed by atoms with Gasteiger partial charge in [-0.05, 0) is 50.1 Å². The molecule has 0 spiro atoms. The zero-order chi connectivity index (χ0) is 26.8. The van der Waals surface area contributed by atoms with Gasteiger partial charge in [0.15, 0.2) is 9.92 Å². The highest BCUT2D eigenvalue weighted by atomic mass is 32.2. The van der Waals surface area contributed by atoms with Gasteiger partial charge in [0.2, 0.25) is 5.88 Å². The Balaban J connectivity index is 2.09. The number of rotatable bonds is 6. The number of carbonyl (C=O) groups is 1. The van der Waals surface area contributed by atoms with Crippen molar-refractivity contribution in [2.24, 2.45) is 4.36 Å². The quantitative estimate of drug-likeness (QED) is 0.330. The molecule has 3 aromatic rings. The summed E-state index contributed by atoms with van der Waals surface area (Å²) in [6.07, 6.45) is 0. The standard InChI is InChI=1S/C26H30N4O5S/c1-16-13-17(2)23(18(3)14-16)35-25-21(11-12-22(28-25)26(4,5)6)24(31)29-36(34,27-7)20-10-8-9-19(15-20)30(32)33/h8-15H,1-7H3,(H,27,29,31,34). The number of benzene rings is 2. The molecule has 1 aromatic heterocycles. The summed E-state index contributed by atoms with van der Waals surface area (Å²) in [4.78, 5) is 28.6. The third kappa shape index (κ3) is 5.71. The SMILES string of the molecule is CN=S(=O)(NC(=O)c1ccc(C(C)(C)C)nc1Oc1c(C)cc(C)cc1C)c1cccc([N+](=O)[O-])c1. The molecule has 0 aliphatic rings. The van der Waals surface area contributed by atoms with Gasteiger partial charge in [0.1, 0.15) is 11.3 Å². The number of nitro groups is 1. The minimum absolute atomic E-state index is 0.0134. The van der Waals surface area contributed by atoms with Gasteiger partial charge in [-0.25, -0.2) is 13.6 Å². The molecule has 1 amide bonds. The maximum Gasteiger partial charge on any atom is 0.270 e. The van der Waals surface area contributed by atoms with Crippen molar-refractivity contribution in [3.05, 3.63) is 86.6 Å². The highest BCUT2D eigenvalue weighted by Crippen LogP contribution is 2.33. The van der Waals surface area contributed by atoms with E-state index in [1.54, 1.807) is 12.1 Å². The molecule has 9 nitrogen and oxygen atoms in total. The Morgan fingerprint density at radius 2 is 1.72 bits per heavy atom. The fourth-order valence-corrected chi connectivity index (χ4v) is 5.02. The molecule has 1 N–H and O–H groups in total. The van der Waals surface area contributed by atoms with Crippen LogP contribution in [-0.4, -0.2) is 27.1 Å². The molecule has 36 heavy (non-hydrogen) atoms. The number of hydrogen-bond acceptors (Lipinski definition) is 7. The van der Waals surface area contributed by atoms with Crippen LogP contribution in [0.5, 0.6) is 11.6 Å². The highest BCUT2D eigenvalue weighted by Gasteiger charge is 2.25. The molecule has 190 valence electrons. The number of nitrogens with one attached hydrogen (secondary N) is 1. The predicted octanol–water partition coefficient (Wildman–Crippen LogP) is 5.81. The number of hydrogen-bond donors (Lipinski definition) is 1. The van der Waals surface area contributed by atoms with Crippen LogP contribution in [0, 0.1) is 30.9 Å². The van der Waals surface area contributed by atoms with E-state index in [-0.39, 0.29) is 27.4 Å². The lowest BCUT2D eigenvalue weighted by molar-refractivity contribution is -0.385. The molecule has 1 heterocycles. The van der Waals surface area contributed by atoms with Gasteiger partial charge in [-0.2, -0.15) is 0 Å². The van der Waals surface area contributed by atoms with Gasteiger partial charge in [0, 0.05) is 30.3 Å². The summed E-state index contributed by atoms with van der Waals surface area (Å²) < 4.78 is 26.1. The van der Waals surface area contributed by atoms with Crippen LogP contribution in [-0.2, 0) is 15.3 Å². The van der Waals surface area contributed by atoms with Crippen molar-refractivity contribution in [1.29, 1.82) is 0 Å². The van der Waals surface area contributed by atoms with Crippen molar-refractivity contribution in [3.63, 3.8) is 0 Å². The summed E-state index contributed by atoms with van der Waals surface area (Å²) in [6, 6.07) is 12.4. The van der Waals surface area contributed by atoms with Gasteiger partial charge in [0.05, 0.1) is 9.82 Å². The molecule has 0 fully saturated rings. The first kappa shape index (κ1) is 26.8. The number of pyridine rings is 1. The van der Waals surface area contributed by atoms with Crippen molar-refractivity contribution < 1.29 is 18.7 Å². The maximum atomic E-state index is 13.6. The van der Waals surface area contributed by atoms with E-state index in [0.717, 1.165) is 22.8 Å². The smallest absolute Gasteiger partial charge is 0.270 e. The van der Waals surface area contributed by atoms with Gasteiger partial charge in [-0.3, -0.25) is 19.6 Å². The van der Waals surface area contributed by atoms with Crippen LogP contribution in [0.1, 0.15) is 53.5 Å². The summed E-state index contributed by atoms with van der Waals surface area (Å²) in [6.45, 7) is 11.8. The topological polar surface area (TPSA) is 124 Å². The fraction of sp³-hybridized carbons (Fsp3) is 0.308. The van der Waals surface area contributed by atoms with E-state index in [2.05, 4.69) is 14.1 Å². The number of nitro benzene ring substituents is 1. The number of nitrogens with zero attached hydrogens (tertiary/aromatic N) is 3. The van der Waals surface area contributed by atoms with E-state index in [1.165, 1.54) is 25.2 Å². The van der Waals surface area contributed by atoms with Gasteiger partial charge >= 0.3 is 0 Å². The lowest BCUT2D eigenvalue weighted by atomic mass is 9.91. The summed E-state index contributed by atoms with van der Waals surface area (Å²) in [5.74, 6) is -0.0952. The first-order chi connectivity index (χ1) is 16.7. The van der Waals surface area contributed by atoms with Crippen molar-refractivity contribution in [1.82, 2.24) is 9.71 Å². The molecule has 1 unspecified atom stereocenters. The maximum absolute atomic E-state index is 13.6. The zero-order valence-electron chi connectivity index (χ0n) is 21.4. The molecule has 0 aliphatic heterocycles. The molecular weight excluding hydrogens is 480 g/mol. The molecular formula is C26H30N4O5S. The molecule has 0 saturated carbocycles. The fourth-order valence-electron chi connectivity index (χ4n) is 3.69. The number of aromatic nitrogens is 1. The second-order valence-electron chi connectivity index (χ2n) is 9.52. The van der Waals surface area contributed by atoms with Gasteiger partial charge < -0.3 is 4.74 Å². The molecule has 0 aliphatic carbocycles. The molecule has 2 aromatic carbocycles. The molecule has 0 bridgehead atoms. The Morgan fingerprint density at radius 3 is 2.28 bits per heavy atom. The van der Waals surface area contributed by atoms with Crippen molar-refractivity contribution in [2.45, 2.75) is 51.9 Å². The average molecular weight is 511 g/mol. The predicted molar refractivity (Wildman–Crippen MR) is 139 cm³/mol. The number of non-ortho nitro benzene ring substituents is 1. The normalized spacial score (nSPS) is 13.0. The van der Waals surface area contributed by atoms with Crippen LogP contribution >= 0.6 is 0 Å². The van der Waals surface area contributed by atoms with Crippen LogP contribution in [0.15, 0.2) is 57.8 Å². The highest BCUT2D eigenvalue weighted by molar-refractivity contribution is 7.92. The first-order valence-electron chi connectivity index (χ1n) is 11.2. The van der Waals surface area contributed by atoms with Crippen LogP contribution < -0.4 is 9.46 Å². The van der Waals surface area contributed by atoms with Crippen molar-refractivity contribution >= 4 is 21.5 Å². The van der Waals surface area contributed by atoms with Crippen LogP contribution in [0.2, 0.25) is 0 Å². The molecule has 0 radical (unpaired) electrons. The third-order valence-corrected chi connectivity index (χ3v) is 7.38. The molecule has 1 atom stereocenters. The number of ether oxygens (including phenoxy) is 1.